The lowest BCUT2D eigenvalue weighted by molar-refractivity contribution is 0.00919. The zero-order valence-corrected chi connectivity index (χ0v) is 15.1. The number of carbonyl (C=O) groups is 2. The van der Waals surface area contributed by atoms with Crippen molar-refractivity contribution in [1.82, 2.24) is 19.8 Å². The van der Waals surface area contributed by atoms with Gasteiger partial charge in [-0.15, -0.1) is 0 Å². The summed E-state index contributed by atoms with van der Waals surface area (Å²) in [6.45, 7) is 1.27. The van der Waals surface area contributed by atoms with Crippen LogP contribution in [0.1, 0.15) is 30.3 Å². The van der Waals surface area contributed by atoms with Crippen molar-refractivity contribution in [3.63, 3.8) is 0 Å². The average molecular weight is 370 g/mol. The van der Waals surface area contributed by atoms with Crippen LogP contribution in [0.25, 0.3) is 0 Å². The fourth-order valence-corrected chi connectivity index (χ4v) is 3.60. The van der Waals surface area contributed by atoms with Gasteiger partial charge in [0.1, 0.15) is 18.5 Å². The van der Waals surface area contributed by atoms with E-state index in [4.69, 9.17) is 9.47 Å². The lowest BCUT2D eigenvalue weighted by atomic mass is 9.92. The highest BCUT2D eigenvalue weighted by molar-refractivity contribution is 5.75. The fraction of sp³-hybridized carbons (Fsp3) is 0.421. The summed E-state index contributed by atoms with van der Waals surface area (Å²) >= 11 is 0. The Morgan fingerprint density at radius 1 is 1.26 bits per heavy atom. The molecule has 2 saturated heterocycles. The van der Waals surface area contributed by atoms with Gasteiger partial charge in [-0.3, -0.25) is 0 Å². The molecule has 0 bridgehead atoms. The number of piperidine rings is 1. The molecule has 27 heavy (non-hydrogen) atoms. The second kappa shape index (κ2) is 6.94. The first-order chi connectivity index (χ1) is 13.1. The number of imidazole rings is 1. The molecule has 0 saturated carbocycles. The number of hydrogen-bond acceptors (Lipinski definition) is 5. The summed E-state index contributed by atoms with van der Waals surface area (Å²) in [6.07, 6.45) is 4.11. The number of cyclic esters (lactones) is 1. The molecule has 1 N–H and O–H groups in total. The molecule has 3 heterocycles. The smallest absolute Gasteiger partial charge is 0.430 e. The number of rotatable bonds is 3. The first-order valence-corrected chi connectivity index (χ1v) is 9.00. The van der Waals surface area contributed by atoms with Crippen LogP contribution >= 0.6 is 0 Å². The Morgan fingerprint density at radius 2 is 2.00 bits per heavy atom. The Balaban J connectivity index is 1.47. The van der Waals surface area contributed by atoms with Crippen molar-refractivity contribution in [3.8, 4) is 0 Å². The van der Waals surface area contributed by atoms with Crippen LogP contribution in [0, 0.1) is 0 Å². The Hall–Kier alpha value is -3.03. The highest BCUT2D eigenvalue weighted by Crippen LogP contribution is 2.32. The van der Waals surface area contributed by atoms with Crippen LogP contribution in [0.5, 0.6) is 0 Å². The van der Waals surface area contributed by atoms with E-state index < -0.39 is 11.8 Å². The van der Waals surface area contributed by atoms with Gasteiger partial charge >= 0.3 is 12.2 Å². The summed E-state index contributed by atoms with van der Waals surface area (Å²) in [6, 6.07) is 9.26. The monoisotopic (exact) mass is 370 g/mol. The van der Waals surface area contributed by atoms with Crippen LogP contribution in [0.3, 0.4) is 0 Å². The number of likely N-dealkylation sites (tertiary alicyclic amines) is 1. The van der Waals surface area contributed by atoms with Gasteiger partial charge in [0.2, 0.25) is 0 Å². The van der Waals surface area contributed by atoms with Crippen LogP contribution in [0.2, 0.25) is 0 Å². The van der Waals surface area contributed by atoms with Gasteiger partial charge in [0.05, 0.1) is 0 Å². The number of nitrogens with one attached hydrogen (secondary N) is 1. The molecule has 1 aromatic heterocycles. The van der Waals surface area contributed by atoms with E-state index in [1.165, 1.54) is 0 Å². The topological polar surface area (TPSA) is 85.7 Å². The van der Waals surface area contributed by atoms with E-state index in [1.807, 2.05) is 48.1 Å². The molecule has 2 aromatic rings. The van der Waals surface area contributed by atoms with E-state index in [-0.39, 0.29) is 18.7 Å². The van der Waals surface area contributed by atoms with Crippen LogP contribution in [-0.4, -0.2) is 51.9 Å². The molecular formula is C19H22N4O4. The summed E-state index contributed by atoms with van der Waals surface area (Å²) < 4.78 is 12.1. The summed E-state index contributed by atoms with van der Waals surface area (Å²) in [5.41, 5.74) is 0.388. The standard InChI is InChI=1S/C19H22N4O4/c1-22-12-9-20-16(22)15(14-5-3-2-4-6-14)21-17(24)23-10-7-19(8-11-23)13-26-18(25)27-19/h2-6,9,12,15H,7-8,10-11,13H2,1H3,(H,21,24)/t15-/m1/s1. The Kier molecular flexibility index (Phi) is 4.47. The van der Waals surface area contributed by atoms with Crippen LogP contribution in [0.15, 0.2) is 42.7 Å². The fourth-order valence-electron chi connectivity index (χ4n) is 3.60. The minimum Gasteiger partial charge on any atom is -0.430 e. The molecule has 1 spiro atoms. The zero-order valence-electron chi connectivity index (χ0n) is 15.1. The predicted octanol–water partition coefficient (Wildman–Crippen LogP) is 2.22. The lowest BCUT2D eigenvalue weighted by Gasteiger charge is -2.36. The van der Waals surface area contributed by atoms with E-state index in [1.54, 1.807) is 11.1 Å². The number of aryl methyl sites for hydroxylation is 1. The van der Waals surface area contributed by atoms with E-state index in [9.17, 15) is 9.59 Å². The Labute approximate surface area is 157 Å². The molecular weight excluding hydrogens is 348 g/mol. The van der Waals surface area contributed by atoms with Crippen molar-refractivity contribution < 1.29 is 19.1 Å². The van der Waals surface area contributed by atoms with Gasteiger partial charge in [-0.25, -0.2) is 14.6 Å². The molecule has 2 amide bonds. The predicted molar refractivity (Wildman–Crippen MR) is 96.0 cm³/mol. The van der Waals surface area contributed by atoms with Crippen molar-refractivity contribution in [2.75, 3.05) is 19.7 Å². The third-order valence-corrected chi connectivity index (χ3v) is 5.23. The maximum absolute atomic E-state index is 12.9. The largest absolute Gasteiger partial charge is 0.509 e. The third-order valence-electron chi connectivity index (χ3n) is 5.23. The Morgan fingerprint density at radius 3 is 2.59 bits per heavy atom. The van der Waals surface area contributed by atoms with Crippen LogP contribution in [0.4, 0.5) is 9.59 Å². The number of nitrogens with zero attached hydrogens (tertiary/aromatic N) is 3. The third kappa shape index (κ3) is 3.47. The van der Waals surface area contributed by atoms with E-state index >= 15 is 0 Å². The molecule has 1 atom stereocenters. The SMILES string of the molecule is Cn1ccnc1[C@H](NC(=O)N1CCC2(CC1)COC(=O)O2)c1ccccc1. The van der Waals surface area contributed by atoms with Gasteiger partial charge in [0.25, 0.3) is 0 Å². The average Bonchev–Trinajstić information content (AvgIpc) is 3.26. The maximum atomic E-state index is 12.9. The van der Waals surface area contributed by atoms with Gasteiger partial charge < -0.3 is 24.3 Å². The molecule has 8 heteroatoms. The van der Waals surface area contributed by atoms with Crippen LogP contribution < -0.4 is 5.32 Å². The summed E-state index contributed by atoms with van der Waals surface area (Å²) in [5.74, 6) is 0.765. The van der Waals surface area contributed by atoms with E-state index in [2.05, 4.69) is 10.3 Å². The molecule has 1 aromatic carbocycles. The molecule has 2 fully saturated rings. The number of amides is 2. The number of hydrogen-bond donors (Lipinski definition) is 1. The Bertz CT molecular complexity index is 827. The number of aromatic nitrogens is 2. The summed E-state index contributed by atoms with van der Waals surface area (Å²) in [4.78, 5) is 30.3. The van der Waals surface area contributed by atoms with Crippen molar-refractivity contribution in [2.24, 2.45) is 7.05 Å². The number of benzene rings is 1. The molecule has 2 aliphatic heterocycles. The maximum Gasteiger partial charge on any atom is 0.509 e. The van der Waals surface area contributed by atoms with Crippen LogP contribution in [-0.2, 0) is 16.5 Å². The molecule has 0 unspecified atom stereocenters. The molecule has 2 aliphatic rings. The van der Waals surface area contributed by atoms with E-state index in [0.29, 0.717) is 25.9 Å². The molecule has 0 radical (unpaired) electrons. The molecule has 142 valence electrons. The van der Waals surface area contributed by atoms with Crippen molar-refractivity contribution in [2.45, 2.75) is 24.5 Å². The molecule has 4 rings (SSSR count). The van der Waals surface area contributed by atoms with Crippen molar-refractivity contribution in [1.29, 1.82) is 0 Å². The summed E-state index contributed by atoms with van der Waals surface area (Å²) in [7, 11) is 1.91. The van der Waals surface area contributed by atoms with E-state index in [0.717, 1.165) is 11.4 Å². The number of urea groups is 1. The first kappa shape index (κ1) is 17.4. The minimum absolute atomic E-state index is 0.160. The van der Waals surface area contributed by atoms with Gasteiger partial charge in [-0.05, 0) is 5.56 Å². The highest BCUT2D eigenvalue weighted by atomic mass is 16.8. The quantitative estimate of drug-likeness (QED) is 0.838. The molecule has 0 aliphatic carbocycles. The van der Waals surface area contributed by atoms with Gasteiger partial charge in [0, 0.05) is 45.4 Å². The van der Waals surface area contributed by atoms with Gasteiger partial charge in [-0.2, -0.15) is 0 Å². The summed E-state index contributed by atoms with van der Waals surface area (Å²) in [5, 5.41) is 3.10. The molecule has 8 nitrogen and oxygen atoms in total. The normalized spacial score (nSPS) is 19.4. The lowest BCUT2D eigenvalue weighted by Crippen LogP contribution is -2.51. The van der Waals surface area contributed by atoms with Gasteiger partial charge in [0.15, 0.2) is 5.60 Å². The highest BCUT2D eigenvalue weighted by Gasteiger charge is 2.45. The van der Waals surface area contributed by atoms with Crippen molar-refractivity contribution >= 4 is 12.2 Å². The second-order valence-electron chi connectivity index (χ2n) is 7.00. The minimum atomic E-state index is -0.619. The second-order valence-corrected chi connectivity index (χ2v) is 7.00. The van der Waals surface area contributed by atoms with Gasteiger partial charge in [-0.1, -0.05) is 30.3 Å². The zero-order chi connectivity index (χ0) is 18.9. The van der Waals surface area contributed by atoms with Crippen molar-refractivity contribution in [3.05, 3.63) is 54.1 Å². The first-order valence-electron chi connectivity index (χ1n) is 9.00. The number of ether oxygens (including phenoxy) is 2. The number of carbonyl (C=O) groups excluding carboxylic acids is 2.